The second-order valence-electron chi connectivity index (χ2n) is 8.75. The molecule has 0 N–H and O–H groups in total. The van der Waals surface area contributed by atoms with Gasteiger partial charge in [-0.15, -0.1) is 0 Å². The van der Waals surface area contributed by atoms with Crippen molar-refractivity contribution >= 4 is 22.8 Å². The summed E-state index contributed by atoms with van der Waals surface area (Å²) in [4.78, 5) is 33.6. The van der Waals surface area contributed by atoms with Crippen molar-refractivity contribution in [3.05, 3.63) is 85.6 Å². The average Bonchev–Trinajstić information content (AvgIpc) is 3.17. The summed E-state index contributed by atoms with van der Waals surface area (Å²) in [5, 5.41) is 0. The standard InChI is InChI=1S/C25H27N5O2/c1-16-6-9-19(10-7-16)15-30-23(31)21-22(27(4)25(30)32)26-24-28(12-5-13-29(21)24)20-11-8-17(2)14-18(20)3/h6-11,14H,5,12-13,15H2,1-4H3. The summed E-state index contributed by atoms with van der Waals surface area (Å²) in [6.45, 7) is 7.94. The van der Waals surface area contributed by atoms with Crippen LogP contribution in [0.3, 0.4) is 0 Å². The van der Waals surface area contributed by atoms with Crippen LogP contribution in [0.1, 0.15) is 28.7 Å². The Labute approximate surface area is 186 Å². The van der Waals surface area contributed by atoms with Gasteiger partial charge in [0.2, 0.25) is 5.95 Å². The van der Waals surface area contributed by atoms with Crippen LogP contribution in [0, 0.1) is 20.8 Å². The van der Waals surface area contributed by atoms with E-state index in [4.69, 9.17) is 4.98 Å². The average molecular weight is 430 g/mol. The molecule has 1 aliphatic heterocycles. The van der Waals surface area contributed by atoms with Crippen molar-refractivity contribution in [3.8, 4) is 0 Å². The van der Waals surface area contributed by atoms with Gasteiger partial charge >= 0.3 is 5.69 Å². The molecule has 7 nitrogen and oxygen atoms in total. The minimum absolute atomic E-state index is 0.239. The number of hydrogen-bond acceptors (Lipinski definition) is 4. The number of aromatic nitrogens is 4. The lowest BCUT2D eigenvalue weighted by Gasteiger charge is -2.30. The lowest BCUT2D eigenvalue weighted by molar-refractivity contribution is 0.597. The molecule has 1 aliphatic rings. The van der Waals surface area contributed by atoms with E-state index in [0.29, 0.717) is 17.7 Å². The first-order chi connectivity index (χ1) is 15.3. The monoisotopic (exact) mass is 429 g/mol. The van der Waals surface area contributed by atoms with Crippen LogP contribution >= 0.6 is 0 Å². The molecule has 0 unspecified atom stereocenters. The van der Waals surface area contributed by atoms with Crippen LogP contribution in [0.4, 0.5) is 11.6 Å². The Balaban J connectivity index is 1.70. The van der Waals surface area contributed by atoms with Crippen LogP contribution in [0.2, 0.25) is 0 Å². The van der Waals surface area contributed by atoms with E-state index < -0.39 is 0 Å². The van der Waals surface area contributed by atoms with E-state index in [9.17, 15) is 9.59 Å². The summed E-state index contributed by atoms with van der Waals surface area (Å²) in [7, 11) is 1.69. The normalized spacial score (nSPS) is 13.6. The van der Waals surface area contributed by atoms with E-state index in [1.807, 2.05) is 35.8 Å². The van der Waals surface area contributed by atoms with Gasteiger partial charge in [0.15, 0.2) is 11.2 Å². The second kappa shape index (κ2) is 7.51. The molecule has 0 spiro atoms. The number of benzene rings is 2. The van der Waals surface area contributed by atoms with Crippen LogP contribution < -0.4 is 16.1 Å². The van der Waals surface area contributed by atoms with Gasteiger partial charge in [0.1, 0.15) is 0 Å². The fraction of sp³-hybridized carbons (Fsp3) is 0.320. The van der Waals surface area contributed by atoms with Crippen LogP contribution in [0.15, 0.2) is 52.1 Å². The largest absolute Gasteiger partial charge is 0.332 e. The molecule has 0 saturated carbocycles. The fourth-order valence-corrected chi connectivity index (χ4v) is 4.62. The first-order valence-corrected chi connectivity index (χ1v) is 11.0. The molecule has 164 valence electrons. The zero-order valence-electron chi connectivity index (χ0n) is 18.9. The molecule has 0 amide bonds. The molecule has 3 heterocycles. The summed E-state index contributed by atoms with van der Waals surface area (Å²) >= 11 is 0. The predicted molar refractivity (Wildman–Crippen MR) is 127 cm³/mol. The third kappa shape index (κ3) is 3.16. The van der Waals surface area contributed by atoms with E-state index >= 15 is 0 Å². The van der Waals surface area contributed by atoms with Gasteiger partial charge in [-0.1, -0.05) is 47.5 Å². The number of rotatable bonds is 3. The highest BCUT2D eigenvalue weighted by Crippen LogP contribution is 2.33. The van der Waals surface area contributed by atoms with Crippen molar-refractivity contribution in [1.82, 2.24) is 18.7 Å². The molecule has 0 aliphatic carbocycles. The maximum Gasteiger partial charge on any atom is 0.332 e. The van der Waals surface area contributed by atoms with E-state index in [1.54, 1.807) is 7.05 Å². The van der Waals surface area contributed by atoms with Crippen LogP contribution in [-0.4, -0.2) is 25.2 Å². The molecule has 0 bridgehead atoms. The smallest absolute Gasteiger partial charge is 0.312 e. The van der Waals surface area contributed by atoms with Gasteiger partial charge in [-0.3, -0.25) is 13.9 Å². The van der Waals surface area contributed by atoms with Gasteiger partial charge in [-0.2, -0.15) is 4.98 Å². The zero-order chi connectivity index (χ0) is 22.6. The highest BCUT2D eigenvalue weighted by atomic mass is 16.2. The highest BCUT2D eigenvalue weighted by molar-refractivity contribution is 5.77. The van der Waals surface area contributed by atoms with E-state index in [-0.39, 0.29) is 17.8 Å². The van der Waals surface area contributed by atoms with Crippen LogP contribution in [0.25, 0.3) is 11.2 Å². The third-order valence-electron chi connectivity index (χ3n) is 6.32. The predicted octanol–water partition coefficient (Wildman–Crippen LogP) is 3.41. The lowest BCUT2D eigenvalue weighted by Crippen LogP contribution is -2.40. The Morgan fingerprint density at radius 1 is 0.938 bits per heavy atom. The lowest BCUT2D eigenvalue weighted by atomic mass is 10.1. The van der Waals surface area contributed by atoms with Crippen molar-refractivity contribution < 1.29 is 0 Å². The molecular formula is C25H27N5O2. The van der Waals surface area contributed by atoms with Gasteiger partial charge in [0.25, 0.3) is 5.56 Å². The van der Waals surface area contributed by atoms with Crippen molar-refractivity contribution in [3.63, 3.8) is 0 Å². The molecule has 0 saturated heterocycles. The SMILES string of the molecule is Cc1ccc(Cn2c(=O)c3c(nc4n3CCCN4c3ccc(C)cc3C)n(C)c2=O)cc1. The van der Waals surface area contributed by atoms with Gasteiger partial charge in [-0.05, 0) is 44.4 Å². The number of fused-ring (bicyclic) bond motifs is 3. The second-order valence-corrected chi connectivity index (χ2v) is 8.75. The molecule has 0 radical (unpaired) electrons. The first-order valence-electron chi connectivity index (χ1n) is 11.0. The number of imidazole rings is 1. The number of hydrogen-bond donors (Lipinski definition) is 0. The molecule has 4 aromatic rings. The highest BCUT2D eigenvalue weighted by Gasteiger charge is 2.27. The number of anilines is 2. The number of aryl methyl sites for hydroxylation is 5. The number of nitrogens with zero attached hydrogens (tertiary/aromatic N) is 5. The summed E-state index contributed by atoms with van der Waals surface area (Å²) < 4.78 is 4.79. The Morgan fingerprint density at radius 2 is 1.66 bits per heavy atom. The van der Waals surface area contributed by atoms with E-state index in [1.165, 1.54) is 14.7 Å². The first kappa shape index (κ1) is 20.3. The molecular weight excluding hydrogens is 402 g/mol. The summed E-state index contributed by atoms with van der Waals surface area (Å²) in [6, 6.07) is 14.2. The van der Waals surface area contributed by atoms with Gasteiger partial charge < -0.3 is 9.47 Å². The van der Waals surface area contributed by atoms with E-state index in [0.717, 1.165) is 41.3 Å². The summed E-state index contributed by atoms with van der Waals surface area (Å²) in [5.41, 5.74) is 5.80. The van der Waals surface area contributed by atoms with Crippen molar-refractivity contribution in [2.45, 2.75) is 40.3 Å². The van der Waals surface area contributed by atoms with Crippen molar-refractivity contribution in [2.75, 3.05) is 11.4 Å². The Bertz CT molecular complexity index is 1460. The molecule has 32 heavy (non-hydrogen) atoms. The molecule has 2 aromatic heterocycles. The maximum absolute atomic E-state index is 13.5. The van der Waals surface area contributed by atoms with Gasteiger partial charge in [0, 0.05) is 25.8 Å². The van der Waals surface area contributed by atoms with Crippen LogP contribution in [0.5, 0.6) is 0 Å². The Kier molecular flexibility index (Phi) is 4.77. The third-order valence-corrected chi connectivity index (χ3v) is 6.32. The fourth-order valence-electron chi connectivity index (χ4n) is 4.62. The topological polar surface area (TPSA) is 65.1 Å². The molecule has 7 heteroatoms. The molecule has 5 rings (SSSR count). The maximum atomic E-state index is 13.5. The Morgan fingerprint density at radius 3 is 2.38 bits per heavy atom. The van der Waals surface area contributed by atoms with E-state index in [2.05, 4.69) is 36.9 Å². The summed E-state index contributed by atoms with van der Waals surface area (Å²) in [6.07, 6.45) is 0.895. The van der Waals surface area contributed by atoms with Crippen LogP contribution in [-0.2, 0) is 20.1 Å². The minimum Gasteiger partial charge on any atom is -0.312 e. The molecule has 0 atom stereocenters. The zero-order valence-corrected chi connectivity index (χ0v) is 18.9. The van der Waals surface area contributed by atoms with Gasteiger partial charge in [0.05, 0.1) is 6.54 Å². The quantitative estimate of drug-likeness (QED) is 0.501. The molecule has 0 fully saturated rings. The van der Waals surface area contributed by atoms with Crippen molar-refractivity contribution in [2.24, 2.45) is 7.05 Å². The summed E-state index contributed by atoms with van der Waals surface area (Å²) in [5.74, 6) is 0.721. The van der Waals surface area contributed by atoms with Crippen molar-refractivity contribution in [1.29, 1.82) is 0 Å². The van der Waals surface area contributed by atoms with Gasteiger partial charge in [-0.25, -0.2) is 4.79 Å². The Hall–Kier alpha value is -3.61. The molecule has 2 aromatic carbocycles. The minimum atomic E-state index is -0.350.